The van der Waals surface area contributed by atoms with E-state index in [2.05, 4.69) is 20.3 Å². The van der Waals surface area contributed by atoms with Crippen molar-refractivity contribution in [2.45, 2.75) is 13.0 Å². The highest BCUT2D eigenvalue weighted by Crippen LogP contribution is 2.20. The van der Waals surface area contributed by atoms with E-state index in [-0.39, 0.29) is 11.9 Å². The molecular weight excluding hydrogens is 328 g/mol. The third kappa shape index (κ3) is 2.97. The van der Waals surface area contributed by atoms with Gasteiger partial charge in [-0.05, 0) is 43.3 Å². The van der Waals surface area contributed by atoms with Crippen molar-refractivity contribution in [3.05, 3.63) is 66.1 Å². The van der Waals surface area contributed by atoms with Gasteiger partial charge in [-0.2, -0.15) is 0 Å². The number of hydrogen-bond acceptors (Lipinski definition) is 4. The molecule has 0 aliphatic carbocycles. The molecule has 2 aromatic heterocycles. The average molecular weight is 346 g/mol. The van der Waals surface area contributed by atoms with Crippen LogP contribution >= 0.6 is 0 Å². The molecule has 1 amide bonds. The largest absolute Gasteiger partial charge is 0.497 e. The molecule has 0 saturated carbocycles. The minimum atomic E-state index is -0.261. The first kappa shape index (κ1) is 16.1. The van der Waals surface area contributed by atoms with Gasteiger partial charge in [-0.15, -0.1) is 0 Å². The molecular formula is C20H18N4O2. The number of nitrogens with one attached hydrogen (secondary N) is 2. The summed E-state index contributed by atoms with van der Waals surface area (Å²) < 4.78 is 5.21. The SMILES string of the molecule is COc1ccc2nc(C(=O)NC(C)c3nc4ccccc4[nH]3)ccc2c1. The Morgan fingerprint density at radius 1 is 1.08 bits per heavy atom. The predicted octanol–water partition coefficient (Wildman–Crippen LogP) is 3.61. The first-order chi connectivity index (χ1) is 12.6. The first-order valence-corrected chi connectivity index (χ1v) is 8.34. The molecule has 1 atom stereocenters. The zero-order valence-corrected chi connectivity index (χ0v) is 14.5. The number of aromatic amines is 1. The number of pyridine rings is 1. The van der Waals surface area contributed by atoms with Crippen molar-refractivity contribution >= 4 is 27.8 Å². The van der Waals surface area contributed by atoms with Crippen molar-refractivity contribution in [1.82, 2.24) is 20.3 Å². The normalized spacial score (nSPS) is 12.2. The van der Waals surface area contributed by atoms with E-state index in [0.29, 0.717) is 11.5 Å². The van der Waals surface area contributed by atoms with Crippen LogP contribution in [-0.2, 0) is 0 Å². The second-order valence-corrected chi connectivity index (χ2v) is 6.09. The summed E-state index contributed by atoms with van der Waals surface area (Å²) >= 11 is 0. The van der Waals surface area contributed by atoms with E-state index in [1.165, 1.54) is 0 Å². The van der Waals surface area contributed by atoms with E-state index in [1.54, 1.807) is 13.2 Å². The van der Waals surface area contributed by atoms with Crippen LogP contribution in [0.2, 0.25) is 0 Å². The monoisotopic (exact) mass is 346 g/mol. The lowest BCUT2D eigenvalue weighted by Crippen LogP contribution is -2.28. The summed E-state index contributed by atoms with van der Waals surface area (Å²) in [6, 6.07) is 16.6. The Bertz CT molecular complexity index is 1070. The number of imidazole rings is 1. The van der Waals surface area contributed by atoms with Crippen molar-refractivity contribution in [3.8, 4) is 5.75 Å². The summed E-state index contributed by atoms with van der Waals surface area (Å²) in [5.74, 6) is 1.23. The minimum Gasteiger partial charge on any atom is -0.497 e. The fourth-order valence-electron chi connectivity index (χ4n) is 2.87. The molecule has 26 heavy (non-hydrogen) atoms. The molecule has 0 saturated heterocycles. The topological polar surface area (TPSA) is 79.9 Å². The van der Waals surface area contributed by atoms with Crippen molar-refractivity contribution in [2.24, 2.45) is 0 Å². The number of aromatic nitrogens is 3. The molecule has 130 valence electrons. The van der Waals surface area contributed by atoms with E-state index >= 15 is 0 Å². The lowest BCUT2D eigenvalue weighted by atomic mass is 10.2. The maximum atomic E-state index is 12.6. The van der Waals surface area contributed by atoms with Gasteiger partial charge in [0.1, 0.15) is 17.3 Å². The van der Waals surface area contributed by atoms with Crippen molar-refractivity contribution in [2.75, 3.05) is 7.11 Å². The zero-order chi connectivity index (χ0) is 18.1. The van der Waals surface area contributed by atoms with Crippen molar-refractivity contribution in [1.29, 1.82) is 0 Å². The van der Waals surface area contributed by atoms with Gasteiger partial charge < -0.3 is 15.0 Å². The van der Waals surface area contributed by atoms with Crippen LogP contribution in [0, 0.1) is 0 Å². The number of carbonyl (C=O) groups excluding carboxylic acids is 1. The Kier molecular flexibility index (Phi) is 4.01. The minimum absolute atomic E-state index is 0.240. The van der Waals surface area contributed by atoms with Gasteiger partial charge in [0.25, 0.3) is 5.91 Å². The molecule has 0 spiro atoms. The Hall–Kier alpha value is -3.41. The van der Waals surface area contributed by atoms with Gasteiger partial charge in [0.2, 0.25) is 0 Å². The fraction of sp³-hybridized carbons (Fsp3) is 0.150. The molecule has 2 N–H and O–H groups in total. The van der Waals surface area contributed by atoms with Crippen LogP contribution in [0.3, 0.4) is 0 Å². The molecule has 0 fully saturated rings. The number of methoxy groups -OCH3 is 1. The third-order valence-electron chi connectivity index (χ3n) is 4.29. The number of nitrogens with zero attached hydrogens (tertiary/aromatic N) is 2. The van der Waals surface area contributed by atoms with Gasteiger partial charge in [0.05, 0.1) is 29.7 Å². The average Bonchev–Trinajstić information content (AvgIpc) is 3.11. The summed E-state index contributed by atoms with van der Waals surface area (Å²) in [5.41, 5.74) is 2.93. The van der Waals surface area contributed by atoms with E-state index in [9.17, 15) is 4.79 Å². The molecule has 0 aliphatic heterocycles. The Morgan fingerprint density at radius 3 is 2.73 bits per heavy atom. The van der Waals surface area contributed by atoms with Crippen LogP contribution in [-0.4, -0.2) is 28.0 Å². The van der Waals surface area contributed by atoms with Crippen molar-refractivity contribution < 1.29 is 9.53 Å². The summed E-state index contributed by atoms with van der Waals surface area (Å²) in [6.45, 7) is 1.89. The van der Waals surface area contributed by atoms with E-state index in [1.807, 2.05) is 55.5 Å². The van der Waals surface area contributed by atoms with Gasteiger partial charge in [-0.3, -0.25) is 4.79 Å². The molecule has 4 rings (SSSR count). The molecule has 4 aromatic rings. The Balaban J connectivity index is 1.56. The van der Waals surface area contributed by atoms with Crippen molar-refractivity contribution in [3.63, 3.8) is 0 Å². The van der Waals surface area contributed by atoms with Gasteiger partial charge >= 0.3 is 0 Å². The van der Waals surface area contributed by atoms with E-state index in [0.717, 1.165) is 27.7 Å². The maximum Gasteiger partial charge on any atom is 0.270 e. The van der Waals surface area contributed by atoms with E-state index in [4.69, 9.17) is 4.74 Å². The molecule has 1 unspecified atom stereocenters. The van der Waals surface area contributed by atoms with Crippen LogP contribution in [0.25, 0.3) is 21.9 Å². The smallest absolute Gasteiger partial charge is 0.270 e. The number of amides is 1. The number of ether oxygens (including phenoxy) is 1. The highest BCUT2D eigenvalue weighted by Gasteiger charge is 2.16. The molecule has 0 radical (unpaired) electrons. The molecule has 2 aromatic carbocycles. The number of hydrogen-bond donors (Lipinski definition) is 2. The van der Waals surface area contributed by atoms with Gasteiger partial charge in [-0.25, -0.2) is 9.97 Å². The van der Waals surface area contributed by atoms with Crippen LogP contribution < -0.4 is 10.1 Å². The lowest BCUT2D eigenvalue weighted by Gasteiger charge is -2.11. The Labute approximate surface area is 150 Å². The quantitative estimate of drug-likeness (QED) is 0.591. The van der Waals surface area contributed by atoms with Crippen LogP contribution in [0.1, 0.15) is 29.3 Å². The highest BCUT2D eigenvalue weighted by atomic mass is 16.5. The number of carbonyl (C=O) groups is 1. The Morgan fingerprint density at radius 2 is 1.92 bits per heavy atom. The number of fused-ring (bicyclic) bond motifs is 2. The number of rotatable bonds is 4. The fourth-order valence-corrected chi connectivity index (χ4v) is 2.87. The van der Waals surface area contributed by atoms with Gasteiger partial charge in [-0.1, -0.05) is 18.2 Å². The predicted molar refractivity (Wildman–Crippen MR) is 100 cm³/mol. The highest BCUT2D eigenvalue weighted by molar-refractivity contribution is 5.95. The molecule has 0 aliphatic rings. The van der Waals surface area contributed by atoms with Gasteiger partial charge in [0, 0.05) is 5.39 Å². The summed E-state index contributed by atoms with van der Waals surface area (Å²) in [6.07, 6.45) is 0. The molecule has 6 heteroatoms. The molecule has 6 nitrogen and oxygen atoms in total. The third-order valence-corrected chi connectivity index (χ3v) is 4.29. The molecule has 0 bridgehead atoms. The molecule has 2 heterocycles. The lowest BCUT2D eigenvalue weighted by molar-refractivity contribution is 0.0934. The van der Waals surface area contributed by atoms with E-state index < -0.39 is 0 Å². The number of H-pyrrole nitrogens is 1. The maximum absolute atomic E-state index is 12.6. The van der Waals surface area contributed by atoms with Gasteiger partial charge in [0.15, 0.2) is 0 Å². The summed E-state index contributed by atoms with van der Waals surface area (Å²) in [7, 11) is 1.62. The van der Waals surface area contributed by atoms with Crippen LogP contribution in [0.4, 0.5) is 0 Å². The van der Waals surface area contributed by atoms with Crippen LogP contribution in [0.5, 0.6) is 5.75 Å². The number of benzene rings is 2. The summed E-state index contributed by atoms with van der Waals surface area (Å²) in [5, 5.41) is 3.86. The number of para-hydroxylation sites is 2. The first-order valence-electron chi connectivity index (χ1n) is 8.34. The summed E-state index contributed by atoms with van der Waals surface area (Å²) in [4.78, 5) is 24.8. The standard InChI is InChI=1S/C20H18N4O2/c1-12(19-23-16-5-3-4-6-17(16)24-19)21-20(25)18-9-7-13-11-14(26-2)8-10-15(13)22-18/h3-12H,1-2H3,(H,21,25)(H,23,24). The second kappa shape index (κ2) is 6.48. The van der Waals surface area contributed by atoms with Crippen LogP contribution in [0.15, 0.2) is 54.6 Å². The zero-order valence-electron chi connectivity index (χ0n) is 14.5. The second-order valence-electron chi connectivity index (χ2n) is 6.09.